The van der Waals surface area contributed by atoms with Gasteiger partial charge in [0.15, 0.2) is 0 Å². The molecule has 10 rings (SSSR count). The summed E-state index contributed by atoms with van der Waals surface area (Å²) in [6, 6.07) is 0. The van der Waals surface area contributed by atoms with Crippen LogP contribution in [0.2, 0.25) is 47.2 Å². The second-order valence-corrected chi connectivity index (χ2v) is 35.7. The average Bonchev–Trinajstić information content (AvgIpc) is 3.39. The number of hydrogen-bond donors (Lipinski definition) is 0. The maximum absolute atomic E-state index is 11.7. The van der Waals surface area contributed by atoms with E-state index in [0.29, 0.717) is 8.63 Å². The van der Waals surface area contributed by atoms with Gasteiger partial charge in [-0.25, -0.2) is 0 Å². The van der Waals surface area contributed by atoms with Gasteiger partial charge in [0.25, 0.3) is 0 Å². The van der Waals surface area contributed by atoms with Gasteiger partial charge in [-0.15, -0.1) is 0 Å². The molecule has 1 spiro atoms. The molecule has 0 bridgehead atoms. The van der Waals surface area contributed by atoms with Gasteiger partial charge in [0.1, 0.15) is 0 Å². The van der Waals surface area contributed by atoms with Crippen molar-refractivity contribution in [3.8, 4) is 0 Å². The van der Waals surface area contributed by atoms with Crippen LogP contribution in [0.5, 0.6) is 0 Å². The van der Waals surface area contributed by atoms with Crippen LogP contribution in [-0.4, -0.2) is 24.1 Å². The third kappa shape index (κ3) is 0.135. The van der Waals surface area contributed by atoms with Crippen molar-refractivity contribution in [2.24, 2.45) is 0 Å². The number of hydrogen-bond acceptors (Lipinski definition) is 4. The first-order chi connectivity index (χ1) is 10.6. The molecule has 10 fully saturated rings. The van der Waals surface area contributed by atoms with Gasteiger partial charge in [-0.2, -0.15) is 0 Å². The van der Waals surface area contributed by atoms with Crippen LogP contribution in [0.3, 0.4) is 0 Å². The molecule has 5 heteroatoms. The van der Waals surface area contributed by atoms with E-state index in [4.69, 9.17) is 9.47 Å². The fourth-order valence-electron chi connectivity index (χ4n) is 19.8. The monoisotopic (exact) mass is 358 g/mol. The molecule has 0 amide bonds. The SMILES string of the molecule is CC(=O)OC(C)[C]12[CH]3[CH]4[CH]5[CH]1[Fe]45321678[CH]2[CH]1[CH]6[C]7(C(C)OC(C)=O)[CH]28. The minimum absolute atomic E-state index is 0.101. The van der Waals surface area contributed by atoms with E-state index in [9.17, 15) is 9.59 Å². The van der Waals surface area contributed by atoms with Crippen LogP contribution in [0.4, 0.5) is 0 Å². The van der Waals surface area contributed by atoms with E-state index >= 15 is 0 Å². The van der Waals surface area contributed by atoms with Crippen molar-refractivity contribution in [3.63, 3.8) is 0 Å². The normalized spacial score (nSPS) is 96.7. The molecule has 10 aliphatic rings. The number of esters is 2. The van der Waals surface area contributed by atoms with Crippen molar-refractivity contribution in [1.82, 2.24) is 0 Å². The molecule has 126 valence electrons. The van der Waals surface area contributed by atoms with Gasteiger partial charge in [0, 0.05) is 0 Å². The zero-order valence-corrected chi connectivity index (χ0v) is 14.9. The molecule has 23 heavy (non-hydrogen) atoms. The van der Waals surface area contributed by atoms with Crippen LogP contribution in [-0.2, 0) is 25.6 Å². The van der Waals surface area contributed by atoms with Crippen molar-refractivity contribution in [3.05, 3.63) is 0 Å². The van der Waals surface area contributed by atoms with Crippen LogP contribution in [0.1, 0.15) is 27.7 Å². The molecular weight excluding hydrogens is 336 g/mol. The molecule has 10 heterocycles. The van der Waals surface area contributed by atoms with E-state index in [1.54, 1.807) is 13.8 Å². The summed E-state index contributed by atoms with van der Waals surface area (Å²) >= 11 is 0. The fraction of sp³-hybridized carbons (Fsp3) is 0.889. The van der Waals surface area contributed by atoms with E-state index < -0.39 is 6.51 Å². The first-order valence-electron chi connectivity index (χ1n) is 9.16. The molecule has 10 atom stereocenters. The third-order valence-corrected chi connectivity index (χ3v) is 60.5. The van der Waals surface area contributed by atoms with Crippen LogP contribution < -0.4 is 0 Å². The van der Waals surface area contributed by atoms with Crippen LogP contribution in [0.15, 0.2) is 0 Å². The molecule has 0 aromatic rings. The number of carbonyl (C=O) groups is 2. The van der Waals surface area contributed by atoms with E-state index in [1.165, 1.54) is 0 Å². The maximum atomic E-state index is 11.7. The van der Waals surface area contributed by atoms with Crippen LogP contribution >= 0.6 is 0 Å². The fourth-order valence-corrected chi connectivity index (χ4v) is 98.5. The van der Waals surface area contributed by atoms with Gasteiger partial charge in [0.05, 0.1) is 0 Å². The van der Waals surface area contributed by atoms with E-state index in [-0.39, 0.29) is 24.1 Å². The molecule has 0 saturated carbocycles. The van der Waals surface area contributed by atoms with Gasteiger partial charge < -0.3 is 0 Å². The zero-order valence-electron chi connectivity index (χ0n) is 13.8. The predicted octanol–water partition coefficient (Wildman–Crippen LogP) is 4.02. The average molecular weight is 358 g/mol. The predicted molar refractivity (Wildman–Crippen MR) is 77.8 cm³/mol. The number of carbonyl (C=O) groups excluding carboxylic acids is 2. The molecule has 0 radical (unpaired) electrons. The van der Waals surface area contributed by atoms with E-state index in [1.807, 2.05) is 0 Å². The second-order valence-electron chi connectivity index (χ2n) is 12.4. The van der Waals surface area contributed by atoms with Crippen LogP contribution in [0.25, 0.3) is 0 Å². The second kappa shape index (κ2) is 1.01. The first-order valence-corrected chi connectivity index (χ1v) is 15.4. The Morgan fingerprint density at radius 2 is 1.09 bits per heavy atom. The molecule has 0 N–H and O–H groups in total. The van der Waals surface area contributed by atoms with E-state index in [2.05, 4.69) is 13.8 Å². The van der Waals surface area contributed by atoms with Gasteiger partial charge in [-0.1, -0.05) is 0 Å². The van der Waals surface area contributed by atoms with Gasteiger partial charge in [0.2, 0.25) is 0 Å². The molecule has 4 nitrogen and oxygen atoms in total. The van der Waals surface area contributed by atoms with Crippen molar-refractivity contribution >= 4 is 11.9 Å². The van der Waals surface area contributed by atoms with Crippen molar-refractivity contribution in [1.29, 1.82) is 0 Å². The van der Waals surface area contributed by atoms with Crippen molar-refractivity contribution < 1.29 is 25.6 Å². The third-order valence-electron chi connectivity index (χ3n) is 17.0. The van der Waals surface area contributed by atoms with Gasteiger partial charge >= 0.3 is 125 Å². The Labute approximate surface area is 124 Å². The minimum atomic E-state index is -3.66. The molecule has 10 aliphatic heterocycles. The number of fused-ring (bicyclic) bond motifs is 10. The quantitative estimate of drug-likeness (QED) is 0.563. The molecule has 0 aromatic heterocycles. The summed E-state index contributed by atoms with van der Waals surface area (Å²) in [7, 11) is 0. The topological polar surface area (TPSA) is 52.6 Å². The van der Waals surface area contributed by atoms with E-state index in [0.717, 1.165) is 38.5 Å². The summed E-state index contributed by atoms with van der Waals surface area (Å²) in [4.78, 5) is 31.8. The Bertz CT molecular complexity index is 1130. The summed E-state index contributed by atoms with van der Waals surface area (Å²) in [5, 5.41) is 0. The molecule has 0 aromatic carbocycles. The summed E-state index contributed by atoms with van der Waals surface area (Å²) in [5.74, 6) is -0.203. The van der Waals surface area contributed by atoms with Crippen molar-refractivity contribution in [2.45, 2.75) is 87.1 Å². The van der Waals surface area contributed by atoms with Gasteiger partial charge in [-0.3, -0.25) is 0 Å². The first kappa shape index (κ1) is 10.5. The van der Waals surface area contributed by atoms with Crippen LogP contribution in [0, 0.1) is 0 Å². The Balaban J connectivity index is 1.33. The Hall–Kier alpha value is -0.541. The van der Waals surface area contributed by atoms with Gasteiger partial charge in [-0.05, 0) is 0 Å². The Morgan fingerprint density at radius 1 is 0.783 bits per heavy atom. The summed E-state index contributed by atoms with van der Waals surface area (Å²) in [6.45, 7) is 3.91. The standard InChI is InChI=1S/2C9H11O2.Fe/c2*1-7(11-8(2)10)9-5-3-4-6-9;/h2*3-7H,1-2H3;. The zero-order chi connectivity index (χ0) is 15.7. The number of rotatable bonds is 4. The molecule has 10 saturated heterocycles. The molecular formula is C18H22FeO4. The Kier molecular flexibility index (Phi) is 0.457. The molecule has 10 unspecified atom stereocenters. The Morgan fingerprint density at radius 3 is 1.30 bits per heavy atom. The van der Waals surface area contributed by atoms with Crippen molar-refractivity contribution in [2.75, 3.05) is 0 Å². The number of ether oxygens (including phenoxy) is 2. The molecule has 0 aliphatic carbocycles. The summed E-state index contributed by atoms with van der Waals surface area (Å²) in [5.41, 5.74) is 0. The summed E-state index contributed by atoms with van der Waals surface area (Å²) in [6.07, 6.45) is 0.297. The summed E-state index contributed by atoms with van der Waals surface area (Å²) < 4.78 is 12.7.